The smallest absolute Gasteiger partial charge is 0.175 e. The van der Waals surface area contributed by atoms with Crippen molar-refractivity contribution in [3.05, 3.63) is 11.8 Å². The third kappa shape index (κ3) is 5.55. The van der Waals surface area contributed by atoms with Crippen LogP contribution in [0.4, 0.5) is 0 Å². The molecular formula is C15H26O4. The van der Waals surface area contributed by atoms with Gasteiger partial charge in [0.15, 0.2) is 11.6 Å². The number of carbonyl (C=O) groups is 2. The molecule has 4 nitrogen and oxygen atoms in total. The van der Waals surface area contributed by atoms with Crippen molar-refractivity contribution in [1.82, 2.24) is 0 Å². The molecule has 0 aliphatic carbocycles. The van der Waals surface area contributed by atoms with E-state index in [1.165, 1.54) is 6.92 Å². The SMILES string of the molecule is CC(C)CCC(C(=O)/C(=C/O)C(=O)C(C)C)C(C)O. The van der Waals surface area contributed by atoms with Crippen LogP contribution in [0.2, 0.25) is 0 Å². The van der Waals surface area contributed by atoms with Gasteiger partial charge in [-0.05, 0) is 19.3 Å². The van der Waals surface area contributed by atoms with Crippen molar-refractivity contribution in [3.8, 4) is 0 Å². The largest absolute Gasteiger partial charge is 0.515 e. The van der Waals surface area contributed by atoms with E-state index < -0.39 is 17.8 Å². The van der Waals surface area contributed by atoms with Crippen LogP contribution in [0.5, 0.6) is 0 Å². The molecule has 110 valence electrons. The molecule has 0 amide bonds. The Morgan fingerprint density at radius 3 is 1.84 bits per heavy atom. The predicted molar refractivity (Wildman–Crippen MR) is 74.8 cm³/mol. The molecule has 2 N–H and O–H groups in total. The van der Waals surface area contributed by atoms with E-state index in [0.29, 0.717) is 18.6 Å². The maximum Gasteiger partial charge on any atom is 0.175 e. The fourth-order valence-electron chi connectivity index (χ4n) is 1.86. The van der Waals surface area contributed by atoms with Crippen LogP contribution in [0.3, 0.4) is 0 Å². The van der Waals surface area contributed by atoms with Crippen molar-refractivity contribution in [3.63, 3.8) is 0 Å². The van der Waals surface area contributed by atoms with Crippen molar-refractivity contribution in [1.29, 1.82) is 0 Å². The minimum atomic E-state index is -0.832. The van der Waals surface area contributed by atoms with Crippen molar-refractivity contribution < 1.29 is 19.8 Å². The summed E-state index contributed by atoms with van der Waals surface area (Å²) in [6.45, 7) is 8.95. The molecule has 2 atom stereocenters. The predicted octanol–water partition coefficient (Wildman–Crippen LogP) is 2.66. The fraction of sp³-hybridized carbons (Fsp3) is 0.733. The molecule has 0 radical (unpaired) electrons. The fourth-order valence-corrected chi connectivity index (χ4v) is 1.86. The van der Waals surface area contributed by atoms with E-state index in [1.807, 2.05) is 13.8 Å². The van der Waals surface area contributed by atoms with Crippen molar-refractivity contribution in [2.24, 2.45) is 17.8 Å². The van der Waals surface area contributed by atoms with Crippen molar-refractivity contribution in [2.45, 2.75) is 53.6 Å². The van der Waals surface area contributed by atoms with Gasteiger partial charge in [0.1, 0.15) is 0 Å². The summed E-state index contributed by atoms with van der Waals surface area (Å²) < 4.78 is 0. The molecule has 0 aliphatic rings. The molecule has 0 fully saturated rings. The van der Waals surface area contributed by atoms with E-state index in [9.17, 15) is 14.7 Å². The zero-order chi connectivity index (χ0) is 15.2. The third-order valence-electron chi connectivity index (χ3n) is 3.16. The number of carbonyl (C=O) groups excluding carboxylic acids is 2. The number of hydrogen-bond donors (Lipinski definition) is 2. The molecule has 0 heterocycles. The highest BCUT2D eigenvalue weighted by Crippen LogP contribution is 2.22. The Morgan fingerprint density at radius 2 is 1.53 bits per heavy atom. The molecular weight excluding hydrogens is 244 g/mol. The lowest BCUT2D eigenvalue weighted by atomic mass is 9.84. The first-order valence-corrected chi connectivity index (χ1v) is 6.83. The summed E-state index contributed by atoms with van der Waals surface area (Å²) in [6.07, 6.45) is 1.04. The van der Waals surface area contributed by atoms with Crippen LogP contribution in [0.25, 0.3) is 0 Å². The number of aliphatic hydroxyl groups excluding tert-OH is 2. The molecule has 0 rings (SSSR count). The Labute approximate surface area is 115 Å². The van der Waals surface area contributed by atoms with E-state index in [4.69, 9.17) is 5.11 Å². The minimum absolute atomic E-state index is 0.204. The Morgan fingerprint density at radius 1 is 1.00 bits per heavy atom. The molecule has 0 aromatic heterocycles. The van der Waals surface area contributed by atoms with Gasteiger partial charge in [0, 0.05) is 11.8 Å². The summed E-state index contributed by atoms with van der Waals surface area (Å²) in [5.41, 5.74) is -0.204. The summed E-state index contributed by atoms with van der Waals surface area (Å²) in [5, 5.41) is 18.9. The molecule has 0 aliphatic heterocycles. The van der Waals surface area contributed by atoms with E-state index >= 15 is 0 Å². The summed E-state index contributed by atoms with van der Waals surface area (Å²) in [5.74, 6) is -1.43. The molecule has 0 spiro atoms. The van der Waals surface area contributed by atoms with E-state index in [2.05, 4.69) is 0 Å². The monoisotopic (exact) mass is 270 g/mol. The average molecular weight is 270 g/mol. The highest BCUT2D eigenvalue weighted by molar-refractivity contribution is 6.21. The second-order valence-electron chi connectivity index (χ2n) is 5.74. The van der Waals surface area contributed by atoms with E-state index in [1.54, 1.807) is 13.8 Å². The lowest BCUT2D eigenvalue weighted by Gasteiger charge is -2.20. The Balaban J connectivity index is 5.02. The summed E-state index contributed by atoms with van der Waals surface area (Å²) in [4.78, 5) is 24.1. The van der Waals surface area contributed by atoms with Crippen LogP contribution in [-0.4, -0.2) is 27.9 Å². The Hall–Kier alpha value is -1.16. The molecule has 0 bridgehead atoms. The lowest BCUT2D eigenvalue weighted by Crippen LogP contribution is -2.31. The van der Waals surface area contributed by atoms with Crippen LogP contribution in [-0.2, 0) is 9.59 Å². The van der Waals surface area contributed by atoms with Crippen LogP contribution in [0.15, 0.2) is 11.8 Å². The quantitative estimate of drug-likeness (QED) is 0.308. The molecule has 0 saturated carbocycles. The van der Waals surface area contributed by atoms with Crippen molar-refractivity contribution >= 4 is 11.6 Å². The van der Waals surface area contributed by atoms with E-state index in [0.717, 1.165) is 6.42 Å². The summed E-state index contributed by atoms with van der Waals surface area (Å²) in [6, 6.07) is 0. The Bertz CT molecular complexity index is 340. The van der Waals surface area contributed by atoms with Crippen molar-refractivity contribution in [2.75, 3.05) is 0 Å². The van der Waals surface area contributed by atoms with Gasteiger partial charge in [-0.3, -0.25) is 9.59 Å². The average Bonchev–Trinajstić information content (AvgIpc) is 2.28. The van der Waals surface area contributed by atoms with Gasteiger partial charge in [-0.1, -0.05) is 34.1 Å². The normalized spacial score (nSPS) is 15.7. The number of rotatable bonds is 8. The topological polar surface area (TPSA) is 74.6 Å². The Kier molecular flexibility index (Phi) is 7.61. The lowest BCUT2D eigenvalue weighted by molar-refractivity contribution is -0.127. The first kappa shape index (κ1) is 17.8. The van der Waals surface area contributed by atoms with Gasteiger partial charge in [-0.2, -0.15) is 0 Å². The standard InChI is InChI=1S/C15H26O4/c1-9(2)6-7-12(11(5)17)15(19)13(8-16)14(18)10(3)4/h8-12,16-17H,6-7H2,1-5H3/b13-8+. The number of ketones is 2. The first-order chi connectivity index (χ1) is 8.72. The van der Waals surface area contributed by atoms with Gasteiger partial charge in [-0.15, -0.1) is 0 Å². The van der Waals surface area contributed by atoms with Gasteiger partial charge in [0.2, 0.25) is 0 Å². The van der Waals surface area contributed by atoms with Crippen LogP contribution < -0.4 is 0 Å². The summed E-state index contributed by atoms with van der Waals surface area (Å²) >= 11 is 0. The number of aliphatic hydroxyl groups is 2. The molecule has 0 aromatic rings. The van der Waals surface area contributed by atoms with Gasteiger partial charge < -0.3 is 10.2 Å². The van der Waals surface area contributed by atoms with Crippen LogP contribution in [0, 0.1) is 17.8 Å². The second-order valence-corrected chi connectivity index (χ2v) is 5.74. The maximum atomic E-state index is 12.3. The second kappa shape index (κ2) is 8.10. The number of allylic oxidation sites excluding steroid dienone is 1. The first-order valence-electron chi connectivity index (χ1n) is 6.83. The minimum Gasteiger partial charge on any atom is -0.515 e. The third-order valence-corrected chi connectivity index (χ3v) is 3.16. The molecule has 4 heteroatoms. The molecule has 0 aromatic carbocycles. The highest BCUT2D eigenvalue weighted by atomic mass is 16.3. The number of Topliss-reactive ketones (excluding diaryl/α,β-unsaturated/α-hetero) is 2. The highest BCUT2D eigenvalue weighted by Gasteiger charge is 2.30. The summed E-state index contributed by atoms with van der Waals surface area (Å²) in [7, 11) is 0. The van der Waals surface area contributed by atoms with E-state index in [-0.39, 0.29) is 17.3 Å². The molecule has 19 heavy (non-hydrogen) atoms. The molecule has 2 unspecified atom stereocenters. The van der Waals surface area contributed by atoms with Crippen LogP contribution in [0.1, 0.15) is 47.5 Å². The number of hydrogen-bond acceptors (Lipinski definition) is 4. The van der Waals surface area contributed by atoms with Crippen LogP contribution >= 0.6 is 0 Å². The van der Waals surface area contributed by atoms with Gasteiger partial charge in [0.05, 0.1) is 17.9 Å². The maximum absolute atomic E-state index is 12.3. The van der Waals surface area contributed by atoms with Gasteiger partial charge >= 0.3 is 0 Å². The van der Waals surface area contributed by atoms with Gasteiger partial charge in [0.25, 0.3) is 0 Å². The zero-order valence-electron chi connectivity index (χ0n) is 12.5. The zero-order valence-corrected chi connectivity index (χ0v) is 12.5. The van der Waals surface area contributed by atoms with Gasteiger partial charge in [-0.25, -0.2) is 0 Å². The molecule has 0 saturated heterocycles.